The Balaban J connectivity index is 1.72. The van der Waals surface area contributed by atoms with Crippen LogP contribution in [0.15, 0.2) is 17.0 Å². The number of sulfonamides is 1. The Kier molecular flexibility index (Phi) is 6.85. The zero-order chi connectivity index (χ0) is 22.8. The minimum atomic E-state index is -3.99. The van der Waals surface area contributed by atoms with E-state index in [1.807, 2.05) is 0 Å². The van der Waals surface area contributed by atoms with Crippen molar-refractivity contribution >= 4 is 33.5 Å². The number of piperidine rings is 1. The minimum Gasteiger partial charge on any atom is -0.482 e. The average molecular weight is 454 g/mol. The van der Waals surface area contributed by atoms with Crippen LogP contribution in [0, 0.1) is 12.8 Å². The Morgan fingerprint density at radius 3 is 2.81 bits per heavy atom. The van der Waals surface area contributed by atoms with Crippen LogP contribution in [0.1, 0.15) is 25.3 Å². The van der Waals surface area contributed by atoms with E-state index in [2.05, 4.69) is 5.32 Å². The second kappa shape index (κ2) is 9.23. The number of esters is 1. The summed E-state index contributed by atoms with van der Waals surface area (Å²) in [5.41, 5.74) is 0.828. The maximum atomic E-state index is 13.1. The van der Waals surface area contributed by atoms with Gasteiger partial charge in [0.2, 0.25) is 15.9 Å². The summed E-state index contributed by atoms with van der Waals surface area (Å²) in [5.74, 6) is -1.16. The highest BCUT2D eigenvalue weighted by atomic mass is 32.2. The normalized spacial score (nSPS) is 18.8. The van der Waals surface area contributed by atoms with Crippen molar-refractivity contribution in [2.24, 2.45) is 5.92 Å². The van der Waals surface area contributed by atoms with Crippen molar-refractivity contribution in [1.82, 2.24) is 9.21 Å². The SMILES string of the molecule is CCOC(=O)[C@H]1CCCN(C(=O)CN(C)S(=O)(=O)c2cc3c(cc2C)NC(=O)CO3)C1. The van der Waals surface area contributed by atoms with Gasteiger partial charge in [-0.1, -0.05) is 0 Å². The second-order valence-electron chi connectivity index (χ2n) is 7.64. The fourth-order valence-electron chi connectivity index (χ4n) is 3.69. The standard InChI is InChI=1S/C20H27N3O7S/c1-4-29-20(26)14-6-5-7-23(10-14)19(25)11-22(3)31(27,28)17-9-16-15(8-13(17)2)21-18(24)12-30-16/h8-9,14H,4-7,10-12H2,1-3H3,(H,21,24)/t14-/m0/s1. The number of nitrogens with zero attached hydrogens (tertiary/aromatic N) is 2. The number of hydrogen-bond donors (Lipinski definition) is 1. The lowest BCUT2D eigenvalue weighted by molar-refractivity contribution is -0.151. The summed E-state index contributed by atoms with van der Waals surface area (Å²) < 4.78 is 37.6. The third-order valence-electron chi connectivity index (χ3n) is 5.35. The number of ether oxygens (including phenoxy) is 2. The zero-order valence-corrected chi connectivity index (χ0v) is 18.7. The molecule has 1 fully saturated rings. The number of fused-ring (bicyclic) bond motifs is 1. The first-order chi connectivity index (χ1) is 14.6. The third kappa shape index (κ3) is 4.99. The van der Waals surface area contributed by atoms with Gasteiger partial charge in [-0.15, -0.1) is 0 Å². The van der Waals surface area contributed by atoms with Gasteiger partial charge in [-0.3, -0.25) is 14.4 Å². The van der Waals surface area contributed by atoms with Crippen molar-refractivity contribution in [3.63, 3.8) is 0 Å². The van der Waals surface area contributed by atoms with E-state index >= 15 is 0 Å². The molecule has 170 valence electrons. The maximum absolute atomic E-state index is 13.1. The summed E-state index contributed by atoms with van der Waals surface area (Å²) in [6, 6.07) is 2.89. The van der Waals surface area contributed by atoms with Crippen LogP contribution in [0.25, 0.3) is 0 Å². The van der Waals surface area contributed by atoms with E-state index in [-0.39, 0.29) is 54.7 Å². The van der Waals surface area contributed by atoms with Crippen LogP contribution in [0.5, 0.6) is 5.75 Å². The van der Waals surface area contributed by atoms with Crippen molar-refractivity contribution in [1.29, 1.82) is 0 Å². The van der Waals surface area contributed by atoms with E-state index in [1.165, 1.54) is 24.1 Å². The van der Waals surface area contributed by atoms with Crippen molar-refractivity contribution < 1.29 is 32.3 Å². The summed E-state index contributed by atoms with van der Waals surface area (Å²) in [4.78, 5) is 37.7. The van der Waals surface area contributed by atoms with Crippen molar-refractivity contribution in [3.8, 4) is 5.75 Å². The number of hydrogen-bond acceptors (Lipinski definition) is 7. The number of carbonyl (C=O) groups is 3. The minimum absolute atomic E-state index is 0.000688. The molecule has 2 aliphatic rings. The molecule has 0 saturated carbocycles. The van der Waals surface area contributed by atoms with Crippen LogP contribution < -0.4 is 10.1 Å². The van der Waals surface area contributed by atoms with E-state index < -0.39 is 15.9 Å². The molecule has 11 heteroatoms. The van der Waals surface area contributed by atoms with Crippen molar-refractivity contribution in [2.45, 2.75) is 31.6 Å². The van der Waals surface area contributed by atoms with E-state index in [9.17, 15) is 22.8 Å². The molecule has 10 nitrogen and oxygen atoms in total. The molecular weight excluding hydrogens is 426 g/mol. The van der Waals surface area contributed by atoms with Gasteiger partial charge in [0.15, 0.2) is 6.61 Å². The highest BCUT2D eigenvalue weighted by Crippen LogP contribution is 2.33. The molecule has 1 atom stereocenters. The van der Waals surface area contributed by atoms with Gasteiger partial charge in [-0.2, -0.15) is 4.31 Å². The van der Waals surface area contributed by atoms with E-state index in [0.29, 0.717) is 30.6 Å². The maximum Gasteiger partial charge on any atom is 0.310 e. The number of carbonyl (C=O) groups excluding carboxylic acids is 3. The summed E-state index contributed by atoms with van der Waals surface area (Å²) in [7, 11) is -2.65. The van der Waals surface area contributed by atoms with Gasteiger partial charge in [-0.25, -0.2) is 8.42 Å². The van der Waals surface area contributed by atoms with Gasteiger partial charge < -0.3 is 19.7 Å². The molecule has 0 aliphatic carbocycles. The van der Waals surface area contributed by atoms with Gasteiger partial charge in [0.1, 0.15) is 5.75 Å². The Bertz CT molecular complexity index is 993. The predicted octanol–water partition coefficient (Wildman–Crippen LogP) is 0.748. The molecule has 1 aromatic carbocycles. The van der Waals surface area contributed by atoms with Crippen LogP contribution in [0.2, 0.25) is 0 Å². The highest BCUT2D eigenvalue weighted by Gasteiger charge is 2.32. The number of likely N-dealkylation sites (N-methyl/N-ethyl adjacent to an activating group) is 1. The molecule has 0 unspecified atom stereocenters. The quantitative estimate of drug-likeness (QED) is 0.631. The molecule has 2 aliphatic heterocycles. The van der Waals surface area contributed by atoms with Gasteiger partial charge in [0.25, 0.3) is 5.91 Å². The number of aryl methyl sites for hydroxylation is 1. The number of anilines is 1. The molecule has 1 aromatic rings. The Morgan fingerprint density at radius 2 is 2.10 bits per heavy atom. The largest absolute Gasteiger partial charge is 0.482 e. The monoisotopic (exact) mass is 453 g/mol. The van der Waals surface area contributed by atoms with E-state index in [1.54, 1.807) is 13.8 Å². The third-order valence-corrected chi connectivity index (χ3v) is 7.30. The topological polar surface area (TPSA) is 122 Å². The van der Waals surface area contributed by atoms with Crippen LogP contribution in [-0.4, -0.2) is 75.3 Å². The molecular formula is C20H27N3O7S. The highest BCUT2D eigenvalue weighted by molar-refractivity contribution is 7.89. The number of likely N-dealkylation sites (tertiary alicyclic amines) is 1. The van der Waals surface area contributed by atoms with Crippen molar-refractivity contribution in [2.75, 3.05) is 45.2 Å². The molecule has 2 amide bonds. The number of nitrogens with one attached hydrogen (secondary N) is 1. The average Bonchev–Trinajstić information content (AvgIpc) is 2.73. The van der Waals surface area contributed by atoms with Gasteiger partial charge in [0.05, 0.1) is 29.7 Å². The van der Waals surface area contributed by atoms with Crippen LogP contribution in [0.3, 0.4) is 0 Å². The molecule has 1 N–H and O–H groups in total. The molecule has 0 bridgehead atoms. The molecule has 0 radical (unpaired) electrons. The molecule has 1 saturated heterocycles. The lowest BCUT2D eigenvalue weighted by Crippen LogP contribution is -2.47. The lowest BCUT2D eigenvalue weighted by atomic mass is 9.98. The molecule has 2 heterocycles. The molecule has 31 heavy (non-hydrogen) atoms. The zero-order valence-electron chi connectivity index (χ0n) is 17.8. The van der Waals surface area contributed by atoms with Gasteiger partial charge in [0, 0.05) is 26.2 Å². The number of benzene rings is 1. The summed E-state index contributed by atoms with van der Waals surface area (Å²) in [6.45, 7) is 3.75. The van der Waals surface area contributed by atoms with E-state index in [0.717, 1.165) is 4.31 Å². The number of amides is 2. The predicted molar refractivity (Wildman–Crippen MR) is 111 cm³/mol. The summed E-state index contributed by atoms with van der Waals surface area (Å²) in [5, 5.41) is 2.64. The molecule has 3 rings (SSSR count). The fourth-order valence-corrected chi connectivity index (χ4v) is 5.03. The Labute approximate surface area is 181 Å². The first-order valence-corrected chi connectivity index (χ1v) is 11.6. The fraction of sp³-hybridized carbons (Fsp3) is 0.550. The van der Waals surface area contributed by atoms with Crippen LogP contribution >= 0.6 is 0 Å². The van der Waals surface area contributed by atoms with Crippen LogP contribution in [0.4, 0.5) is 5.69 Å². The Hall–Kier alpha value is -2.66. The Morgan fingerprint density at radius 1 is 1.35 bits per heavy atom. The molecule has 0 aromatic heterocycles. The lowest BCUT2D eigenvalue weighted by Gasteiger charge is -2.32. The first kappa shape index (κ1) is 23.0. The first-order valence-electron chi connectivity index (χ1n) is 10.1. The van der Waals surface area contributed by atoms with E-state index in [4.69, 9.17) is 9.47 Å². The second-order valence-corrected chi connectivity index (χ2v) is 9.66. The smallest absolute Gasteiger partial charge is 0.310 e. The molecule has 0 spiro atoms. The van der Waals surface area contributed by atoms with Gasteiger partial charge >= 0.3 is 5.97 Å². The van der Waals surface area contributed by atoms with Crippen molar-refractivity contribution in [3.05, 3.63) is 17.7 Å². The van der Waals surface area contributed by atoms with Crippen LogP contribution in [-0.2, 0) is 29.1 Å². The van der Waals surface area contributed by atoms with Gasteiger partial charge in [-0.05, 0) is 38.3 Å². The number of rotatable bonds is 6. The summed E-state index contributed by atoms with van der Waals surface area (Å²) in [6.07, 6.45) is 1.29. The summed E-state index contributed by atoms with van der Waals surface area (Å²) >= 11 is 0.